The lowest BCUT2D eigenvalue weighted by molar-refractivity contribution is -0.161. The summed E-state index contributed by atoms with van der Waals surface area (Å²) in [5, 5.41) is 0. The lowest BCUT2D eigenvalue weighted by Gasteiger charge is -2.19. The molecule has 162 valence electrons. The van der Waals surface area contributed by atoms with Crippen LogP contribution in [0.2, 0.25) is 0 Å². The summed E-state index contributed by atoms with van der Waals surface area (Å²) < 4.78 is 41.7. The molecule has 0 aliphatic heterocycles. The normalized spacial score (nSPS) is 13.0. The van der Waals surface area contributed by atoms with Crippen LogP contribution < -0.4 is 0 Å². The van der Waals surface area contributed by atoms with Crippen LogP contribution in [-0.4, -0.2) is 18.8 Å². The summed E-state index contributed by atoms with van der Waals surface area (Å²) in [7, 11) is -0.528. The molecule has 0 aromatic heterocycles. The molecule has 0 spiro atoms. The van der Waals surface area contributed by atoms with Crippen LogP contribution in [0.1, 0.15) is 36.7 Å². The second-order valence-electron chi connectivity index (χ2n) is 8.11. The summed E-state index contributed by atoms with van der Waals surface area (Å²) in [5.41, 5.74) is 1.32. The first-order valence-corrected chi connectivity index (χ1v) is 11.0. The van der Waals surface area contributed by atoms with Crippen molar-refractivity contribution in [3.05, 3.63) is 90.0 Å². The lowest BCUT2D eigenvalue weighted by Crippen LogP contribution is -2.20. The maximum Gasteiger partial charge on any atom is 0.422 e. The first-order chi connectivity index (χ1) is 14.5. The molecule has 0 amide bonds. The summed E-state index contributed by atoms with van der Waals surface area (Å²) in [6.07, 6.45) is -4.56. The van der Waals surface area contributed by atoms with Gasteiger partial charge in [0.1, 0.15) is 0 Å². The number of halogens is 3. The summed E-state index contributed by atoms with van der Waals surface area (Å²) in [4.78, 5) is 15.1. The van der Waals surface area contributed by atoms with Crippen molar-refractivity contribution in [2.24, 2.45) is 0 Å². The molecule has 0 aliphatic rings. The van der Waals surface area contributed by atoms with Gasteiger partial charge >= 0.3 is 12.1 Å². The average molecular weight is 446 g/mol. The number of carbonyl (C=O) groups is 1. The molecule has 2 nitrogen and oxygen atoms in total. The average Bonchev–Trinajstić information content (AvgIpc) is 2.72. The number of ether oxygens (including phenoxy) is 1. The molecule has 0 aliphatic carbocycles. The van der Waals surface area contributed by atoms with E-state index in [2.05, 4.69) is 49.8 Å². The number of alkyl halides is 3. The highest BCUT2D eigenvalue weighted by Gasteiger charge is 2.32. The van der Waals surface area contributed by atoms with Gasteiger partial charge in [-0.3, -0.25) is 0 Å². The van der Waals surface area contributed by atoms with Gasteiger partial charge in [-0.1, -0.05) is 57.2 Å². The van der Waals surface area contributed by atoms with Crippen molar-refractivity contribution >= 4 is 16.9 Å². The van der Waals surface area contributed by atoms with Crippen molar-refractivity contribution in [2.45, 2.75) is 47.0 Å². The van der Waals surface area contributed by atoms with Crippen molar-refractivity contribution < 1.29 is 22.7 Å². The molecule has 0 saturated carbocycles. The summed E-state index contributed by atoms with van der Waals surface area (Å²) in [6, 6.07) is 24.8. The van der Waals surface area contributed by atoms with Crippen LogP contribution in [0.25, 0.3) is 0 Å². The van der Waals surface area contributed by atoms with E-state index in [4.69, 9.17) is 0 Å². The quantitative estimate of drug-likeness (QED) is 0.319. The Kier molecular flexibility index (Phi) is 6.80. The number of rotatable bonds is 5. The van der Waals surface area contributed by atoms with E-state index in [1.807, 2.05) is 36.4 Å². The van der Waals surface area contributed by atoms with Crippen LogP contribution in [0.5, 0.6) is 0 Å². The largest absolute Gasteiger partial charge is 0.452 e. The second-order valence-corrected chi connectivity index (χ2v) is 10.1. The predicted octanol–water partition coefficient (Wildman–Crippen LogP) is 6.80. The maximum absolute atomic E-state index is 12.4. The van der Waals surface area contributed by atoms with Gasteiger partial charge in [-0.05, 0) is 47.4 Å². The Morgan fingerprint density at radius 1 is 0.806 bits per heavy atom. The van der Waals surface area contributed by atoms with Crippen molar-refractivity contribution in [2.75, 3.05) is 6.61 Å². The van der Waals surface area contributed by atoms with Gasteiger partial charge in [-0.25, -0.2) is 4.79 Å². The van der Waals surface area contributed by atoms with E-state index >= 15 is 0 Å². The summed E-state index contributed by atoms with van der Waals surface area (Å²) in [5.74, 6) is -0.987. The molecule has 0 fully saturated rings. The van der Waals surface area contributed by atoms with Crippen LogP contribution in [-0.2, 0) is 21.0 Å². The fourth-order valence-corrected chi connectivity index (χ4v) is 5.15. The highest BCUT2D eigenvalue weighted by Crippen LogP contribution is 2.33. The number of hydrogen-bond acceptors (Lipinski definition) is 2. The molecule has 31 heavy (non-hydrogen) atoms. The molecule has 0 radical (unpaired) electrons. The molecule has 0 saturated heterocycles. The SMILES string of the molecule is CC(C)(C)c1ccc([S+](c2ccccc2)c2cccc(C(=O)OCC(F)(F)F)c2)cc1. The Balaban J connectivity index is 1.99. The van der Waals surface area contributed by atoms with Crippen LogP contribution in [0.3, 0.4) is 0 Å². The van der Waals surface area contributed by atoms with Gasteiger partial charge in [0.15, 0.2) is 21.3 Å². The third kappa shape index (κ3) is 6.14. The minimum absolute atomic E-state index is 0.0199. The number of benzene rings is 3. The van der Waals surface area contributed by atoms with Crippen molar-refractivity contribution in [1.82, 2.24) is 0 Å². The Hall–Kier alpha value is -2.73. The van der Waals surface area contributed by atoms with Gasteiger partial charge < -0.3 is 4.74 Å². The standard InChI is InChI=1S/C25H24F3O2S/c1-24(2,3)19-12-14-21(15-13-19)31(20-9-5-4-6-10-20)22-11-7-8-18(16-22)23(29)30-17-25(26,27)28/h4-16H,17H2,1-3H3/q+1. The van der Waals surface area contributed by atoms with Gasteiger partial charge in [0.25, 0.3) is 0 Å². The molecule has 3 aromatic rings. The first-order valence-electron chi connectivity index (χ1n) is 9.78. The van der Waals surface area contributed by atoms with Gasteiger partial charge in [-0.2, -0.15) is 13.2 Å². The van der Waals surface area contributed by atoms with E-state index in [-0.39, 0.29) is 11.0 Å². The van der Waals surface area contributed by atoms with E-state index in [1.54, 1.807) is 12.1 Å². The van der Waals surface area contributed by atoms with Crippen LogP contribution in [0.15, 0.2) is 93.5 Å². The van der Waals surface area contributed by atoms with E-state index in [1.165, 1.54) is 11.6 Å². The van der Waals surface area contributed by atoms with Gasteiger partial charge in [-0.15, -0.1) is 0 Å². The third-order valence-corrected chi connectivity index (χ3v) is 6.82. The Labute approximate surface area is 183 Å². The van der Waals surface area contributed by atoms with Crippen molar-refractivity contribution in [1.29, 1.82) is 0 Å². The first kappa shape index (κ1) is 22.9. The molecule has 1 unspecified atom stereocenters. The molecule has 6 heteroatoms. The van der Waals surface area contributed by atoms with E-state index < -0.39 is 29.6 Å². The zero-order valence-electron chi connectivity index (χ0n) is 17.6. The van der Waals surface area contributed by atoms with Crippen molar-refractivity contribution in [3.63, 3.8) is 0 Å². The molecule has 3 aromatic carbocycles. The zero-order chi connectivity index (χ0) is 22.6. The molecule has 0 N–H and O–H groups in total. The molecule has 0 heterocycles. The number of carbonyl (C=O) groups excluding carboxylic acids is 1. The van der Waals surface area contributed by atoms with Gasteiger partial charge in [0, 0.05) is 6.07 Å². The second kappa shape index (κ2) is 9.18. The minimum atomic E-state index is -4.56. The lowest BCUT2D eigenvalue weighted by atomic mass is 9.87. The molecular formula is C25H24F3O2S+. The molecule has 0 bridgehead atoms. The fourth-order valence-electron chi connectivity index (χ4n) is 3.04. The molecular weight excluding hydrogens is 421 g/mol. The summed E-state index contributed by atoms with van der Waals surface area (Å²) >= 11 is 0. The number of esters is 1. The van der Waals surface area contributed by atoms with E-state index in [9.17, 15) is 18.0 Å². The maximum atomic E-state index is 12.4. The highest BCUT2D eigenvalue weighted by atomic mass is 32.2. The van der Waals surface area contributed by atoms with Gasteiger partial charge in [0.2, 0.25) is 0 Å². The number of hydrogen-bond donors (Lipinski definition) is 0. The van der Waals surface area contributed by atoms with Crippen LogP contribution >= 0.6 is 0 Å². The fraction of sp³-hybridized carbons (Fsp3) is 0.240. The molecule has 1 atom stereocenters. The zero-order valence-corrected chi connectivity index (χ0v) is 18.4. The topological polar surface area (TPSA) is 26.3 Å². The summed E-state index contributed by atoms with van der Waals surface area (Å²) in [6.45, 7) is 4.84. The minimum Gasteiger partial charge on any atom is -0.452 e. The van der Waals surface area contributed by atoms with Crippen LogP contribution in [0.4, 0.5) is 13.2 Å². The van der Waals surface area contributed by atoms with E-state index in [0.717, 1.165) is 14.7 Å². The van der Waals surface area contributed by atoms with Gasteiger partial charge in [0.05, 0.1) is 16.5 Å². The highest BCUT2D eigenvalue weighted by molar-refractivity contribution is 7.97. The van der Waals surface area contributed by atoms with Crippen LogP contribution in [0, 0.1) is 0 Å². The third-order valence-electron chi connectivity index (χ3n) is 4.61. The Morgan fingerprint density at radius 3 is 1.97 bits per heavy atom. The smallest absolute Gasteiger partial charge is 0.422 e. The predicted molar refractivity (Wildman–Crippen MR) is 117 cm³/mol. The Morgan fingerprint density at radius 2 is 1.39 bits per heavy atom. The van der Waals surface area contributed by atoms with E-state index in [0.29, 0.717) is 0 Å². The van der Waals surface area contributed by atoms with Crippen molar-refractivity contribution in [3.8, 4) is 0 Å². The monoisotopic (exact) mass is 445 g/mol. The molecule has 3 rings (SSSR count). The Bertz CT molecular complexity index is 1020.